The van der Waals surface area contributed by atoms with Crippen LogP contribution < -0.4 is 0 Å². The molecule has 0 amide bonds. The maximum absolute atomic E-state index is 3.91. The molecule has 0 aromatic carbocycles. The van der Waals surface area contributed by atoms with E-state index in [0.29, 0.717) is 11.8 Å². The fourth-order valence-corrected chi connectivity index (χ4v) is 2.06. The van der Waals surface area contributed by atoms with Gasteiger partial charge in [-0.05, 0) is 50.4 Å². The Kier molecular flexibility index (Phi) is 21.1. The van der Waals surface area contributed by atoms with Gasteiger partial charge in [-0.1, -0.05) is 60.8 Å². The molecule has 0 radical (unpaired) electrons. The van der Waals surface area contributed by atoms with Gasteiger partial charge in [-0.25, -0.2) is 0 Å². The topological polar surface area (TPSA) is 0 Å². The molecule has 2 atom stereocenters. The van der Waals surface area contributed by atoms with E-state index in [9.17, 15) is 0 Å². The lowest BCUT2D eigenvalue weighted by Gasteiger charge is -2.18. The maximum atomic E-state index is 3.91. The van der Waals surface area contributed by atoms with Crippen molar-refractivity contribution >= 4 is 0 Å². The standard InChI is InChI=1S/C18H26.C6H10/c1-5-9-10-11-12-13-16-18(15-7-3)17(8-4)14-6-2;1-3-5-6-4-2/h5-8,11-13,16-18H,1-4,9-10,14-15H2;3-4H,1-2,5-6H2/b12-11+,16-13+;/t17?,18-;/m0./s1. The van der Waals surface area contributed by atoms with Crippen LogP contribution in [0.2, 0.25) is 0 Å². The van der Waals surface area contributed by atoms with Gasteiger partial charge in [-0.3, -0.25) is 0 Å². The van der Waals surface area contributed by atoms with Crippen LogP contribution in [-0.4, -0.2) is 0 Å². The van der Waals surface area contributed by atoms with E-state index in [4.69, 9.17) is 0 Å². The van der Waals surface area contributed by atoms with Crippen molar-refractivity contribution in [1.29, 1.82) is 0 Å². The fraction of sp³-hybridized carbons (Fsp3) is 0.333. The molecule has 0 aromatic rings. The van der Waals surface area contributed by atoms with Crippen LogP contribution in [0.1, 0.15) is 38.5 Å². The molecule has 0 aliphatic carbocycles. The summed E-state index contributed by atoms with van der Waals surface area (Å²) in [5, 5.41) is 0. The molecule has 0 spiro atoms. The van der Waals surface area contributed by atoms with E-state index in [-0.39, 0.29) is 0 Å². The first kappa shape index (κ1) is 24.2. The second-order valence-electron chi connectivity index (χ2n) is 5.45. The van der Waals surface area contributed by atoms with Crippen LogP contribution in [0.4, 0.5) is 0 Å². The minimum absolute atomic E-state index is 0.443. The Balaban J connectivity index is 0. The SMILES string of the molecule is C=CCC/C=C/C=C/[C@H](CC=C)C(C=C)CC=C.C=CCCC=C. The molecule has 0 saturated heterocycles. The van der Waals surface area contributed by atoms with Gasteiger partial charge < -0.3 is 0 Å². The minimum Gasteiger partial charge on any atom is -0.103 e. The molecular weight excluding hydrogens is 288 g/mol. The largest absolute Gasteiger partial charge is 0.103 e. The van der Waals surface area contributed by atoms with Crippen LogP contribution in [0.3, 0.4) is 0 Å². The highest BCUT2D eigenvalue weighted by Gasteiger charge is 2.12. The second-order valence-corrected chi connectivity index (χ2v) is 5.45. The lowest BCUT2D eigenvalue weighted by Crippen LogP contribution is -2.08. The van der Waals surface area contributed by atoms with Crippen molar-refractivity contribution in [3.63, 3.8) is 0 Å². The van der Waals surface area contributed by atoms with Gasteiger partial charge in [-0.2, -0.15) is 0 Å². The van der Waals surface area contributed by atoms with Crippen molar-refractivity contribution in [1.82, 2.24) is 0 Å². The molecule has 0 aliphatic heterocycles. The van der Waals surface area contributed by atoms with E-state index < -0.39 is 0 Å². The summed E-state index contributed by atoms with van der Waals surface area (Å²) in [5.74, 6) is 0.903. The Morgan fingerprint density at radius 3 is 1.50 bits per heavy atom. The highest BCUT2D eigenvalue weighted by Crippen LogP contribution is 2.23. The summed E-state index contributed by atoms with van der Waals surface area (Å²) in [4.78, 5) is 0. The lowest BCUT2D eigenvalue weighted by molar-refractivity contribution is 0.485. The van der Waals surface area contributed by atoms with Crippen LogP contribution in [0.5, 0.6) is 0 Å². The zero-order valence-corrected chi connectivity index (χ0v) is 15.4. The summed E-state index contributed by atoms with van der Waals surface area (Å²) < 4.78 is 0. The highest BCUT2D eigenvalue weighted by atomic mass is 14.2. The quantitative estimate of drug-likeness (QED) is 0.174. The summed E-state index contributed by atoms with van der Waals surface area (Å²) in [6.45, 7) is 22.3. The number of rotatable bonds is 14. The van der Waals surface area contributed by atoms with Gasteiger partial charge in [-0.15, -0.1) is 39.5 Å². The predicted molar refractivity (Wildman–Crippen MR) is 114 cm³/mol. The normalized spacial score (nSPS) is 12.7. The molecule has 0 aromatic heterocycles. The number of allylic oxidation sites excluding steroid dienone is 10. The van der Waals surface area contributed by atoms with Crippen molar-refractivity contribution in [3.8, 4) is 0 Å². The zero-order chi connectivity index (χ0) is 18.5. The average Bonchev–Trinajstić information content (AvgIpc) is 2.60. The van der Waals surface area contributed by atoms with Gasteiger partial charge in [0, 0.05) is 0 Å². The van der Waals surface area contributed by atoms with Gasteiger partial charge in [0.15, 0.2) is 0 Å². The van der Waals surface area contributed by atoms with Crippen LogP contribution in [0, 0.1) is 11.8 Å². The van der Waals surface area contributed by atoms with Crippen LogP contribution in [-0.2, 0) is 0 Å². The summed E-state index contributed by atoms with van der Waals surface area (Å²) in [7, 11) is 0. The lowest BCUT2D eigenvalue weighted by atomic mass is 9.86. The Morgan fingerprint density at radius 2 is 1.04 bits per heavy atom. The number of hydrogen-bond donors (Lipinski definition) is 0. The van der Waals surface area contributed by atoms with Crippen molar-refractivity contribution in [2.75, 3.05) is 0 Å². The molecule has 0 heteroatoms. The van der Waals surface area contributed by atoms with E-state index >= 15 is 0 Å². The fourth-order valence-electron chi connectivity index (χ4n) is 2.06. The first-order valence-electron chi connectivity index (χ1n) is 8.72. The summed E-state index contributed by atoms with van der Waals surface area (Å²) in [5.41, 5.74) is 0. The molecule has 1 unspecified atom stereocenters. The average molecular weight is 325 g/mol. The monoisotopic (exact) mass is 324 g/mol. The van der Waals surface area contributed by atoms with Crippen LogP contribution in [0.15, 0.2) is 100 Å². The van der Waals surface area contributed by atoms with Gasteiger partial charge >= 0.3 is 0 Å². The molecule has 0 fully saturated rings. The second kappa shape index (κ2) is 20.9. The molecule has 0 heterocycles. The predicted octanol–water partition coefficient (Wildman–Crippen LogP) is 7.77. The zero-order valence-electron chi connectivity index (χ0n) is 15.4. The summed E-state index contributed by atoms with van der Waals surface area (Å²) in [6.07, 6.45) is 26.4. The van der Waals surface area contributed by atoms with Gasteiger partial charge in [0.2, 0.25) is 0 Å². The van der Waals surface area contributed by atoms with Crippen molar-refractivity contribution in [2.45, 2.75) is 38.5 Å². The Morgan fingerprint density at radius 1 is 0.542 bits per heavy atom. The third-order valence-electron chi connectivity index (χ3n) is 3.45. The summed E-state index contributed by atoms with van der Waals surface area (Å²) >= 11 is 0. The Bertz CT molecular complexity index is 398. The molecule has 0 nitrogen and oxygen atoms in total. The molecule has 24 heavy (non-hydrogen) atoms. The van der Waals surface area contributed by atoms with Crippen LogP contribution in [0.25, 0.3) is 0 Å². The van der Waals surface area contributed by atoms with Crippen LogP contribution >= 0.6 is 0 Å². The third-order valence-corrected chi connectivity index (χ3v) is 3.45. The summed E-state index contributed by atoms with van der Waals surface area (Å²) in [6, 6.07) is 0. The minimum atomic E-state index is 0.443. The van der Waals surface area contributed by atoms with E-state index in [2.05, 4.69) is 63.8 Å². The van der Waals surface area contributed by atoms with Crippen molar-refractivity contribution in [2.24, 2.45) is 11.8 Å². The maximum Gasteiger partial charge on any atom is -0.0130 e. The van der Waals surface area contributed by atoms with E-state index in [0.717, 1.165) is 38.5 Å². The first-order chi connectivity index (χ1) is 11.7. The molecule has 0 rings (SSSR count). The number of hydrogen-bond acceptors (Lipinski definition) is 0. The van der Waals surface area contributed by atoms with E-state index in [1.54, 1.807) is 0 Å². The molecule has 132 valence electrons. The molecular formula is C24H36. The Labute approximate surface area is 151 Å². The first-order valence-corrected chi connectivity index (χ1v) is 8.72. The molecule has 0 bridgehead atoms. The van der Waals surface area contributed by atoms with E-state index in [1.165, 1.54) is 0 Å². The van der Waals surface area contributed by atoms with Gasteiger partial charge in [0.25, 0.3) is 0 Å². The smallest absolute Gasteiger partial charge is 0.0130 e. The highest BCUT2D eigenvalue weighted by molar-refractivity contribution is 5.08. The van der Waals surface area contributed by atoms with E-state index in [1.807, 2.05) is 36.5 Å². The van der Waals surface area contributed by atoms with Crippen molar-refractivity contribution in [3.05, 3.63) is 100 Å². The third kappa shape index (κ3) is 16.3. The van der Waals surface area contributed by atoms with Crippen molar-refractivity contribution < 1.29 is 0 Å². The molecule has 0 aliphatic rings. The number of unbranched alkanes of at least 4 members (excludes halogenated alkanes) is 2. The van der Waals surface area contributed by atoms with Gasteiger partial charge in [0.05, 0.1) is 0 Å². The molecule has 0 saturated carbocycles. The Hall–Kier alpha value is -2.08. The molecule has 0 N–H and O–H groups in total. The van der Waals surface area contributed by atoms with Gasteiger partial charge in [0.1, 0.15) is 0 Å².